The van der Waals surface area contributed by atoms with Crippen LogP contribution in [-0.2, 0) is 0 Å². The Kier molecular flexibility index (Phi) is 3.04. The van der Waals surface area contributed by atoms with Gasteiger partial charge in [-0.2, -0.15) is 0 Å². The molecule has 2 rings (SSSR count). The summed E-state index contributed by atoms with van der Waals surface area (Å²) in [5.74, 6) is -0.546. The van der Waals surface area contributed by atoms with Gasteiger partial charge < -0.3 is 9.72 Å². The highest BCUT2D eigenvalue weighted by atomic mass is 19.1. The predicted molar refractivity (Wildman–Crippen MR) is 59.5 cm³/mol. The lowest BCUT2D eigenvalue weighted by atomic mass is 10.2. The van der Waals surface area contributed by atoms with Crippen molar-refractivity contribution in [1.29, 1.82) is 0 Å². The van der Waals surface area contributed by atoms with Crippen LogP contribution in [0, 0.1) is 5.82 Å². The number of nitrogens with zero attached hydrogens (tertiary/aromatic N) is 1. The topological polar surface area (TPSA) is 67.0 Å². The molecule has 6 heteroatoms. The first-order valence-corrected chi connectivity index (χ1v) is 4.85. The third-order valence-corrected chi connectivity index (χ3v) is 2.14. The number of H-pyrrole nitrogens is 1. The lowest BCUT2D eigenvalue weighted by Crippen LogP contribution is -2.13. The van der Waals surface area contributed by atoms with Gasteiger partial charge in [0.05, 0.1) is 7.11 Å². The quantitative estimate of drug-likeness (QED) is 0.852. The summed E-state index contributed by atoms with van der Waals surface area (Å²) in [5, 5.41) is 2.53. The van der Waals surface area contributed by atoms with Gasteiger partial charge in [-0.25, -0.2) is 9.37 Å². The summed E-state index contributed by atoms with van der Waals surface area (Å²) in [4.78, 5) is 18.3. The van der Waals surface area contributed by atoms with Gasteiger partial charge in [0.2, 0.25) is 5.95 Å². The molecule has 0 aliphatic heterocycles. The molecule has 0 spiro atoms. The van der Waals surface area contributed by atoms with Crippen LogP contribution >= 0.6 is 0 Å². The summed E-state index contributed by atoms with van der Waals surface area (Å²) in [5.41, 5.74) is 0.291. The van der Waals surface area contributed by atoms with E-state index in [0.29, 0.717) is 11.5 Å². The van der Waals surface area contributed by atoms with Crippen molar-refractivity contribution in [2.24, 2.45) is 0 Å². The summed E-state index contributed by atoms with van der Waals surface area (Å²) >= 11 is 0. The summed E-state index contributed by atoms with van der Waals surface area (Å²) in [6.45, 7) is 0. The summed E-state index contributed by atoms with van der Waals surface area (Å²) in [6.07, 6.45) is 3.10. The molecule has 2 aromatic rings. The number of ether oxygens (including phenoxy) is 1. The number of aromatic nitrogens is 2. The maximum atomic E-state index is 13.1. The van der Waals surface area contributed by atoms with Crippen LogP contribution in [0.5, 0.6) is 5.75 Å². The smallest absolute Gasteiger partial charge is 0.258 e. The van der Waals surface area contributed by atoms with E-state index in [1.54, 1.807) is 6.20 Å². The van der Waals surface area contributed by atoms with E-state index in [4.69, 9.17) is 4.74 Å². The third kappa shape index (κ3) is 2.41. The van der Waals surface area contributed by atoms with Crippen molar-refractivity contribution in [2.45, 2.75) is 0 Å². The van der Waals surface area contributed by atoms with Crippen LogP contribution in [0.25, 0.3) is 0 Å². The number of nitrogens with one attached hydrogen (secondary N) is 2. The zero-order valence-electron chi connectivity index (χ0n) is 9.03. The molecule has 0 atom stereocenters. The SMILES string of the molecule is COc1cc(C(=O)Nc2ncc[nH]2)ccc1F. The van der Waals surface area contributed by atoms with E-state index in [1.165, 1.54) is 31.5 Å². The van der Waals surface area contributed by atoms with Crippen molar-refractivity contribution >= 4 is 11.9 Å². The van der Waals surface area contributed by atoms with Gasteiger partial charge in [0, 0.05) is 18.0 Å². The first-order chi connectivity index (χ1) is 8.20. The zero-order valence-corrected chi connectivity index (χ0v) is 9.03. The number of hydrogen-bond acceptors (Lipinski definition) is 3. The second-order valence-electron chi connectivity index (χ2n) is 3.24. The number of carbonyl (C=O) groups excluding carboxylic acids is 1. The molecule has 0 unspecified atom stereocenters. The van der Waals surface area contributed by atoms with E-state index in [2.05, 4.69) is 15.3 Å². The Morgan fingerprint density at radius 3 is 3.00 bits per heavy atom. The number of hydrogen-bond donors (Lipinski definition) is 2. The van der Waals surface area contributed by atoms with Crippen molar-refractivity contribution in [3.8, 4) is 5.75 Å². The molecular formula is C11H10FN3O2. The van der Waals surface area contributed by atoms with Gasteiger partial charge >= 0.3 is 0 Å². The van der Waals surface area contributed by atoms with Crippen LogP contribution in [0.3, 0.4) is 0 Å². The van der Waals surface area contributed by atoms with E-state index < -0.39 is 11.7 Å². The van der Waals surface area contributed by atoms with E-state index in [1.807, 2.05) is 0 Å². The molecule has 17 heavy (non-hydrogen) atoms. The number of anilines is 1. The number of halogens is 1. The monoisotopic (exact) mass is 235 g/mol. The maximum absolute atomic E-state index is 13.1. The number of imidazole rings is 1. The molecule has 1 aromatic carbocycles. The molecule has 1 heterocycles. The highest BCUT2D eigenvalue weighted by Crippen LogP contribution is 2.18. The molecule has 0 fully saturated rings. The number of aromatic amines is 1. The first-order valence-electron chi connectivity index (χ1n) is 4.85. The fraction of sp³-hybridized carbons (Fsp3) is 0.0909. The Morgan fingerprint density at radius 1 is 1.53 bits per heavy atom. The number of carbonyl (C=O) groups is 1. The lowest BCUT2D eigenvalue weighted by Gasteiger charge is -2.05. The van der Waals surface area contributed by atoms with E-state index in [0.717, 1.165) is 0 Å². The Morgan fingerprint density at radius 2 is 2.35 bits per heavy atom. The maximum Gasteiger partial charge on any atom is 0.258 e. The fourth-order valence-electron chi connectivity index (χ4n) is 1.31. The standard InChI is InChI=1S/C11H10FN3O2/c1-17-9-6-7(2-3-8(9)12)10(16)15-11-13-4-5-14-11/h2-6H,1H3,(H2,13,14,15,16). The van der Waals surface area contributed by atoms with Crippen molar-refractivity contribution < 1.29 is 13.9 Å². The van der Waals surface area contributed by atoms with Crippen LogP contribution in [0.4, 0.5) is 10.3 Å². The predicted octanol–water partition coefficient (Wildman–Crippen LogP) is 1.81. The molecule has 0 aliphatic rings. The van der Waals surface area contributed by atoms with Crippen molar-refractivity contribution in [3.63, 3.8) is 0 Å². The number of rotatable bonds is 3. The van der Waals surface area contributed by atoms with Gasteiger partial charge in [-0.1, -0.05) is 0 Å². The Labute approximate surface area is 96.6 Å². The Bertz CT molecular complexity index is 526. The molecule has 2 N–H and O–H groups in total. The number of methoxy groups -OCH3 is 1. The molecule has 5 nitrogen and oxygen atoms in total. The average Bonchev–Trinajstić information content (AvgIpc) is 2.82. The van der Waals surface area contributed by atoms with Gasteiger partial charge in [-0.05, 0) is 18.2 Å². The van der Waals surface area contributed by atoms with Gasteiger partial charge in [-0.3, -0.25) is 10.1 Å². The summed E-state index contributed by atoms with van der Waals surface area (Å²) in [7, 11) is 1.34. The third-order valence-electron chi connectivity index (χ3n) is 2.14. The normalized spacial score (nSPS) is 10.0. The average molecular weight is 235 g/mol. The van der Waals surface area contributed by atoms with E-state index in [-0.39, 0.29) is 5.75 Å². The minimum Gasteiger partial charge on any atom is -0.494 e. The lowest BCUT2D eigenvalue weighted by molar-refractivity contribution is 0.102. The van der Waals surface area contributed by atoms with E-state index >= 15 is 0 Å². The Balaban J connectivity index is 2.19. The number of amides is 1. The largest absolute Gasteiger partial charge is 0.494 e. The van der Waals surface area contributed by atoms with Crippen molar-refractivity contribution in [3.05, 3.63) is 42.0 Å². The minimum atomic E-state index is -0.512. The van der Waals surface area contributed by atoms with Crippen LogP contribution < -0.4 is 10.1 Å². The minimum absolute atomic E-state index is 0.0251. The second-order valence-corrected chi connectivity index (χ2v) is 3.24. The van der Waals surface area contributed by atoms with Crippen LogP contribution in [0.2, 0.25) is 0 Å². The van der Waals surface area contributed by atoms with Gasteiger partial charge in [0.25, 0.3) is 5.91 Å². The van der Waals surface area contributed by atoms with E-state index in [9.17, 15) is 9.18 Å². The molecule has 0 bridgehead atoms. The Hall–Kier alpha value is -2.37. The molecule has 0 saturated carbocycles. The second kappa shape index (κ2) is 4.65. The summed E-state index contributed by atoms with van der Waals surface area (Å²) < 4.78 is 17.9. The molecule has 0 aliphatic carbocycles. The van der Waals surface area contributed by atoms with Crippen LogP contribution in [0.15, 0.2) is 30.6 Å². The van der Waals surface area contributed by atoms with Crippen molar-refractivity contribution in [1.82, 2.24) is 9.97 Å². The molecule has 0 saturated heterocycles. The van der Waals surface area contributed by atoms with Crippen LogP contribution in [-0.4, -0.2) is 23.0 Å². The van der Waals surface area contributed by atoms with Crippen LogP contribution in [0.1, 0.15) is 10.4 Å². The first kappa shape index (κ1) is 11.1. The van der Waals surface area contributed by atoms with Gasteiger partial charge in [0.15, 0.2) is 11.6 Å². The molecule has 88 valence electrons. The van der Waals surface area contributed by atoms with Gasteiger partial charge in [-0.15, -0.1) is 0 Å². The van der Waals surface area contributed by atoms with Gasteiger partial charge in [0.1, 0.15) is 0 Å². The molecule has 1 aromatic heterocycles. The fourth-order valence-corrected chi connectivity index (χ4v) is 1.31. The molecular weight excluding hydrogens is 225 g/mol. The highest BCUT2D eigenvalue weighted by molar-refractivity contribution is 6.03. The molecule has 0 radical (unpaired) electrons. The zero-order chi connectivity index (χ0) is 12.3. The molecule has 1 amide bonds. The summed E-state index contributed by atoms with van der Waals surface area (Å²) in [6, 6.07) is 3.87. The highest BCUT2D eigenvalue weighted by Gasteiger charge is 2.10. The van der Waals surface area contributed by atoms with Crippen molar-refractivity contribution in [2.75, 3.05) is 12.4 Å². The number of benzene rings is 1.